The molecule has 4 aromatic carbocycles. The fraction of sp³-hybridized carbons (Fsp3) is 0.426. The molecule has 16 heteroatoms. The lowest BCUT2D eigenvalue weighted by molar-refractivity contribution is -0.384. The van der Waals surface area contributed by atoms with E-state index in [-0.39, 0.29) is 49.2 Å². The third kappa shape index (κ3) is 13.7. The van der Waals surface area contributed by atoms with Crippen LogP contribution in [0.5, 0.6) is 23.0 Å². The molecular weight excluding hydrogens is 926 g/mol. The van der Waals surface area contributed by atoms with Crippen molar-refractivity contribution in [2.75, 3.05) is 33.0 Å². The summed E-state index contributed by atoms with van der Waals surface area (Å²) in [7, 11) is 0. The molecule has 0 amide bonds. The third-order valence-corrected chi connectivity index (χ3v) is 14.2. The topological polar surface area (TPSA) is 146 Å². The molecule has 7 rings (SSSR count). The molecule has 0 aliphatic heterocycles. The van der Waals surface area contributed by atoms with Crippen molar-refractivity contribution in [1.82, 2.24) is 4.98 Å². The average Bonchev–Trinajstić information content (AvgIpc) is 3.82. The third-order valence-electron chi connectivity index (χ3n) is 13.1. The van der Waals surface area contributed by atoms with Crippen molar-refractivity contribution in [3.8, 4) is 44.7 Å². The number of benzene rings is 4. The monoisotopic (exact) mass is 984 g/mol. The number of hydrogen-bond donors (Lipinski definition) is 0. The van der Waals surface area contributed by atoms with Crippen LogP contribution in [0.25, 0.3) is 31.9 Å². The van der Waals surface area contributed by atoms with Crippen LogP contribution < -0.4 is 18.9 Å². The standard InChI is InChI=1S/C54H59F3N2O10S/c1-5-6-36-7-13-39(14-8-36)40-15-9-37(10-16-40)32-68-46-25-26-47(50-49(46)58-51(70-50)42-19-22-44(23-20-42)59(62)63)69-33-38-11-17-41(18-12-38)43-21-24-45(48(31-43)65-28-29-66-52(60)34(2)3)64-27-30-67-53(61)35(4)54(55,56)57/h11-12,17-26,31,36-37,39-40H,2,4-10,13-16,27-30,32-33H2,1,3H3. The average molecular weight is 985 g/mol. The summed E-state index contributed by atoms with van der Waals surface area (Å²) in [6.07, 6.45) is 8.11. The number of hydrogen-bond acceptors (Lipinski definition) is 12. The Morgan fingerprint density at radius 2 is 1.27 bits per heavy atom. The van der Waals surface area contributed by atoms with Gasteiger partial charge in [-0.05, 0) is 122 Å². The predicted octanol–water partition coefficient (Wildman–Crippen LogP) is 13.4. The fourth-order valence-electron chi connectivity index (χ4n) is 9.20. The van der Waals surface area contributed by atoms with Crippen LogP contribution in [-0.2, 0) is 25.7 Å². The van der Waals surface area contributed by atoms with E-state index in [9.17, 15) is 32.9 Å². The summed E-state index contributed by atoms with van der Waals surface area (Å²) in [5, 5.41) is 12.1. The maximum absolute atomic E-state index is 12.8. The number of fused-ring (bicyclic) bond motifs is 1. The van der Waals surface area contributed by atoms with Gasteiger partial charge in [-0.2, -0.15) is 13.2 Å². The molecule has 0 saturated heterocycles. The number of esters is 2. The summed E-state index contributed by atoms with van der Waals surface area (Å²) in [5.74, 6) is 2.65. The molecule has 372 valence electrons. The molecule has 12 nitrogen and oxygen atoms in total. The Bertz CT molecular complexity index is 2620. The zero-order valence-electron chi connectivity index (χ0n) is 39.6. The molecule has 0 unspecified atom stereocenters. The molecule has 2 aliphatic carbocycles. The van der Waals surface area contributed by atoms with Crippen molar-refractivity contribution in [3.05, 3.63) is 119 Å². The van der Waals surface area contributed by atoms with Crippen LogP contribution in [0.15, 0.2) is 103 Å². The minimum atomic E-state index is -4.92. The van der Waals surface area contributed by atoms with E-state index in [1.165, 1.54) is 81.8 Å². The Hall–Kier alpha value is -6.42. The smallest absolute Gasteiger partial charge is 0.422 e. The minimum Gasteiger partial charge on any atom is -0.491 e. The van der Waals surface area contributed by atoms with Crippen molar-refractivity contribution in [2.24, 2.45) is 23.7 Å². The molecule has 2 fully saturated rings. The first-order valence-corrected chi connectivity index (χ1v) is 24.7. The number of rotatable bonds is 22. The molecule has 70 heavy (non-hydrogen) atoms. The first-order valence-electron chi connectivity index (χ1n) is 23.9. The fourth-order valence-corrected chi connectivity index (χ4v) is 10.3. The van der Waals surface area contributed by atoms with E-state index in [0.717, 1.165) is 57.5 Å². The molecule has 0 radical (unpaired) electrons. The summed E-state index contributed by atoms with van der Waals surface area (Å²) in [5.41, 5.74) is 2.45. The number of ether oxygens (including phenoxy) is 6. The largest absolute Gasteiger partial charge is 0.491 e. The maximum Gasteiger partial charge on any atom is 0.422 e. The lowest BCUT2D eigenvalue weighted by atomic mass is 9.69. The van der Waals surface area contributed by atoms with E-state index in [1.807, 2.05) is 36.4 Å². The number of nitro groups is 1. The van der Waals surface area contributed by atoms with Gasteiger partial charge in [0, 0.05) is 23.3 Å². The van der Waals surface area contributed by atoms with Gasteiger partial charge in [-0.3, -0.25) is 10.1 Å². The molecule has 2 saturated carbocycles. The second-order valence-electron chi connectivity index (χ2n) is 18.1. The van der Waals surface area contributed by atoms with Crippen molar-refractivity contribution in [2.45, 2.75) is 90.8 Å². The molecular formula is C54H59F3N2O10S. The van der Waals surface area contributed by atoms with E-state index in [2.05, 4.69) is 24.8 Å². The van der Waals surface area contributed by atoms with Crippen LogP contribution in [0.1, 0.15) is 83.6 Å². The summed E-state index contributed by atoms with van der Waals surface area (Å²) >= 11 is 1.44. The molecule has 5 aromatic rings. The highest BCUT2D eigenvalue weighted by Crippen LogP contribution is 2.44. The second-order valence-corrected chi connectivity index (χ2v) is 19.1. The molecule has 1 heterocycles. The van der Waals surface area contributed by atoms with Gasteiger partial charge in [0.25, 0.3) is 5.69 Å². The number of nitrogens with zero attached hydrogens (tertiary/aromatic N) is 2. The van der Waals surface area contributed by atoms with Gasteiger partial charge in [-0.1, -0.05) is 76.1 Å². The van der Waals surface area contributed by atoms with E-state index in [0.29, 0.717) is 34.5 Å². The zero-order chi connectivity index (χ0) is 49.8. The van der Waals surface area contributed by atoms with Gasteiger partial charge in [0.05, 0.1) is 11.5 Å². The van der Waals surface area contributed by atoms with E-state index < -0.39 is 35.2 Å². The number of halogens is 3. The van der Waals surface area contributed by atoms with Crippen LogP contribution in [0.2, 0.25) is 0 Å². The van der Waals surface area contributed by atoms with Gasteiger partial charge >= 0.3 is 18.1 Å². The summed E-state index contributed by atoms with van der Waals surface area (Å²) < 4.78 is 73.8. The van der Waals surface area contributed by atoms with Gasteiger partial charge in [-0.15, -0.1) is 11.3 Å². The molecule has 0 bridgehead atoms. The first kappa shape index (κ1) is 51.4. The van der Waals surface area contributed by atoms with Crippen LogP contribution in [0, 0.1) is 33.8 Å². The van der Waals surface area contributed by atoms with Crippen molar-refractivity contribution < 1.29 is 56.1 Å². The Balaban J connectivity index is 1.01. The maximum atomic E-state index is 12.8. The number of aromatic nitrogens is 1. The van der Waals surface area contributed by atoms with Crippen molar-refractivity contribution in [3.63, 3.8) is 0 Å². The van der Waals surface area contributed by atoms with Crippen LogP contribution in [0.4, 0.5) is 18.9 Å². The predicted molar refractivity (Wildman–Crippen MR) is 262 cm³/mol. The van der Waals surface area contributed by atoms with Gasteiger partial charge in [0.1, 0.15) is 65.3 Å². The van der Waals surface area contributed by atoms with E-state index in [4.69, 9.17) is 28.7 Å². The number of carbonyl (C=O) groups excluding carboxylic acids is 2. The van der Waals surface area contributed by atoms with Crippen LogP contribution in [0.3, 0.4) is 0 Å². The Labute approximate surface area is 409 Å². The summed E-state index contributed by atoms with van der Waals surface area (Å²) in [6.45, 7) is 10.0. The Morgan fingerprint density at radius 1 is 0.700 bits per heavy atom. The second kappa shape index (κ2) is 23.9. The van der Waals surface area contributed by atoms with Crippen LogP contribution in [-0.4, -0.2) is 61.1 Å². The molecule has 0 spiro atoms. The molecule has 0 atom stereocenters. The molecule has 1 aromatic heterocycles. The number of non-ortho nitro benzene ring substituents is 1. The lowest BCUT2D eigenvalue weighted by Crippen LogP contribution is -2.27. The highest BCUT2D eigenvalue weighted by atomic mass is 32.1. The Kier molecular flexibility index (Phi) is 17.6. The highest BCUT2D eigenvalue weighted by Gasteiger charge is 2.38. The van der Waals surface area contributed by atoms with Gasteiger partial charge in [-0.25, -0.2) is 14.6 Å². The SMILES string of the molecule is C=C(C)C(=O)OCCOc1cc(-c2ccc(COc3ccc(OCC4CCC(C5CCC(CCC)CC5)CC4)c4nc(-c5ccc([N+](=O)[O-])cc5)sc34)cc2)ccc1OCCOC(=O)C(=C)C(F)(F)F. The van der Waals surface area contributed by atoms with Gasteiger partial charge in [0.2, 0.25) is 0 Å². The van der Waals surface area contributed by atoms with Gasteiger partial charge in [0.15, 0.2) is 11.5 Å². The van der Waals surface area contributed by atoms with E-state index in [1.54, 1.807) is 30.3 Å². The zero-order valence-corrected chi connectivity index (χ0v) is 40.4. The first-order chi connectivity index (χ1) is 33.7. The normalized spacial score (nSPS) is 18.1. The number of alkyl halides is 3. The number of thiazole rings is 1. The van der Waals surface area contributed by atoms with Crippen LogP contribution >= 0.6 is 11.3 Å². The minimum absolute atomic E-state index is 0.00174. The highest BCUT2D eigenvalue weighted by molar-refractivity contribution is 7.22. The summed E-state index contributed by atoms with van der Waals surface area (Å²) in [6, 6.07) is 22.9. The van der Waals surface area contributed by atoms with E-state index >= 15 is 0 Å². The quantitative estimate of drug-likeness (QED) is 0.0215. The number of nitro benzene ring substituents is 1. The van der Waals surface area contributed by atoms with Gasteiger partial charge < -0.3 is 28.4 Å². The number of carbonyl (C=O) groups is 2. The molecule has 0 N–H and O–H groups in total. The summed E-state index contributed by atoms with van der Waals surface area (Å²) in [4.78, 5) is 39.6. The lowest BCUT2D eigenvalue weighted by Gasteiger charge is -2.37. The molecule has 2 aliphatic rings. The van der Waals surface area contributed by atoms with Crippen molar-refractivity contribution in [1.29, 1.82) is 0 Å². The Morgan fingerprint density at radius 3 is 1.89 bits per heavy atom. The van der Waals surface area contributed by atoms with Crippen molar-refractivity contribution >= 4 is 39.2 Å².